The number of rotatable bonds is 3. The van der Waals surface area contributed by atoms with Crippen LogP contribution in [0.2, 0.25) is 0 Å². The van der Waals surface area contributed by atoms with E-state index in [1.54, 1.807) is 0 Å². The lowest BCUT2D eigenvalue weighted by Gasteiger charge is -2.07. The van der Waals surface area contributed by atoms with Gasteiger partial charge in [-0.25, -0.2) is 0 Å². The fraction of sp³-hybridized carbons (Fsp3) is 0.250. The van der Waals surface area contributed by atoms with Crippen molar-refractivity contribution in [2.75, 3.05) is 6.61 Å². The molecule has 0 aromatic heterocycles. The quantitative estimate of drug-likeness (QED) is 0.352. The van der Waals surface area contributed by atoms with Gasteiger partial charge in [0, 0.05) is 0 Å². The van der Waals surface area contributed by atoms with Gasteiger partial charge in [-0.15, -0.1) is 0 Å². The van der Waals surface area contributed by atoms with Crippen LogP contribution in [0.1, 0.15) is 6.92 Å². The number of halogens is 4. The van der Waals surface area contributed by atoms with Gasteiger partial charge in [0.25, 0.3) is 0 Å². The third-order valence-corrected chi connectivity index (χ3v) is 1.67. The van der Waals surface area contributed by atoms with Crippen LogP contribution >= 0.6 is 0 Å². The molecular formula is C8H5F4NO3. The average molecular weight is 239 g/mol. The molecule has 1 rings (SSSR count). The molecule has 0 aliphatic rings. The van der Waals surface area contributed by atoms with Gasteiger partial charge < -0.3 is 4.74 Å². The third-order valence-electron chi connectivity index (χ3n) is 1.67. The maximum atomic E-state index is 13.0. The second-order valence-electron chi connectivity index (χ2n) is 2.62. The predicted molar refractivity (Wildman–Crippen MR) is 44.1 cm³/mol. The number of nitro groups is 1. The summed E-state index contributed by atoms with van der Waals surface area (Å²) < 4.78 is 56.3. The van der Waals surface area contributed by atoms with E-state index < -0.39 is 39.6 Å². The molecule has 0 aliphatic carbocycles. The molecule has 4 nitrogen and oxygen atoms in total. The van der Waals surface area contributed by atoms with Crippen molar-refractivity contribution < 1.29 is 27.2 Å². The molecule has 0 bridgehead atoms. The topological polar surface area (TPSA) is 52.4 Å². The first-order chi connectivity index (χ1) is 7.41. The van der Waals surface area contributed by atoms with Gasteiger partial charge in [0.2, 0.25) is 23.3 Å². The first kappa shape index (κ1) is 12.2. The molecule has 0 spiro atoms. The van der Waals surface area contributed by atoms with E-state index in [-0.39, 0.29) is 6.61 Å². The monoisotopic (exact) mass is 239 g/mol. The van der Waals surface area contributed by atoms with Crippen molar-refractivity contribution in [1.82, 2.24) is 0 Å². The van der Waals surface area contributed by atoms with Crippen LogP contribution in [0.15, 0.2) is 0 Å². The van der Waals surface area contributed by atoms with E-state index in [0.717, 1.165) is 0 Å². The Bertz CT molecular complexity index is 420. The van der Waals surface area contributed by atoms with Gasteiger partial charge in [-0.2, -0.15) is 17.6 Å². The standard InChI is InChI=1S/C8H5F4NO3/c1-2-16-8-5(11)3(9)7(13(14)15)4(10)6(8)12/h2H2,1H3. The molecule has 0 N–H and O–H groups in total. The number of benzene rings is 1. The van der Waals surface area contributed by atoms with E-state index in [4.69, 9.17) is 0 Å². The zero-order chi connectivity index (χ0) is 12.5. The number of nitro benzene ring substituents is 1. The van der Waals surface area contributed by atoms with Gasteiger partial charge in [-0.1, -0.05) is 0 Å². The smallest absolute Gasteiger partial charge is 0.346 e. The van der Waals surface area contributed by atoms with Crippen LogP contribution in [0.5, 0.6) is 5.75 Å². The zero-order valence-corrected chi connectivity index (χ0v) is 7.89. The Morgan fingerprint density at radius 2 is 1.56 bits per heavy atom. The molecule has 0 unspecified atom stereocenters. The summed E-state index contributed by atoms with van der Waals surface area (Å²) in [4.78, 5) is 8.62. The van der Waals surface area contributed by atoms with Crippen molar-refractivity contribution in [2.45, 2.75) is 6.92 Å². The van der Waals surface area contributed by atoms with Crippen LogP contribution in [0.3, 0.4) is 0 Å². The van der Waals surface area contributed by atoms with Crippen molar-refractivity contribution >= 4 is 5.69 Å². The normalized spacial score (nSPS) is 10.3. The van der Waals surface area contributed by atoms with Gasteiger partial charge in [0.1, 0.15) is 0 Å². The molecule has 0 atom stereocenters. The van der Waals surface area contributed by atoms with Crippen molar-refractivity contribution in [3.63, 3.8) is 0 Å². The van der Waals surface area contributed by atoms with Crippen LogP contribution in [-0.2, 0) is 0 Å². The lowest BCUT2D eigenvalue weighted by atomic mass is 10.2. The van der Waals surface area contributed by atoms with E-state index in [9.17, 15) is 27.7 Å². The summed E-state index contributed by atoms with van der Waals surface area (Å²) in [6.45, 7) is 1.08. The van der Waals surface area contributed by atoms with Gasteiger partial charge in [-0.3, -0.25) is 10.1 Å². The third kappa shape index (κ3) is 1.77. The zero-order valence-electron chi connectivity index (χ0n) is 7.89. The minimum absolute atomic E-state index is 0.246. The molecule has 16 heavy (non-hydrogen) atoms. The highest BCUT2D eigenvalue weighted by Crippen LogP contribution is 2.34. The van der Waals surface area contributed by atoms with E-state index in [2.05, 4.69) is 4.74 Å². The van der Waals surface area contributed by atoms with Crippen LogP contribution in [0.4, 0.5) is 23.2 Å². The average Bonchev–Trinajstić information content (AvgIpc) is 2.21. The Kier molecular flexibility index (Phi) is 3.31. The second-order valence-corrected chi connectivity index (χ2v) is 2.62. The maximum absolute atomic E-state index is 13.0. The molecule has 1 aromatic carbocycles. The molecule has 88 valence electrons. The summed E-state index contributed by atoms with van der Waals surface area (Å²) >= 11 is 0. The summed E-state index contributed by atoms with van der Waals surface area (Å²) in [5.41, 5.74) is -1.88. The SMILES string of the molecule is CCOc1c(F)c(F)c([N+](=O)[O-])c(F)c1F. The van der Waals surface area contributed by atoms with Crippen molar-refractivity contribution in [1.29, 1.82) is 0 Å². The molecule has 8 heteroatoms. The molecule has 0 radical (unpaired) electrons. The van der Waals surface area contributed by atoms with Crippen molar-refractivity contribution in [2.24, 2.45) is 0 Å². The van der Waals surface area contributed by atoms with E-state index in [1.165, 1.54) is 6.92 Å². The Labute approximate surface area is 86.6 Å². The van der Waals surface area contributed by atoms with Gasteiger partial charge in [0.05, 0.1) is 11.5 Å². The molecular weight excluding hydrogens is 234 g/mol. The van der Waals surface area contributed by atoms with Crippen molar-refractivity contribution in [3.8, 4) is 5.75 Å². The lowest BCUT2D eigenvalue weighted by Crippen LogP contribution is -2.07. The Hall–Kier alpha value is -1.86. The predicted octanol–water partition coefficient (Wildman–Crippen LogP) is 2.55. The van der Waals surface area contributed by atoms with Gasteiger partial charge >= 0.3 is 5.69 Å². The molecule has 0 saturated heterocycles. The summed E-state index contributed by atoms with van der Waals surface area (Å²) in [7, 11) is 0. The Morgan fingerprint density at radius 1 is 1.12 bits per heavy atom. The summed E-state index contributed by atoms with van der Waals surface area (Å²) in [6.07, 6.45) is 0. The first-order valence-corrected chi connectivity index (χ1v) is 4.04. The minimum atomic E-state index is -2.09. The molecule has 0 aliphatic heterocycles. The summed E-state index contributed by atoms with van der Waals surface area (Å²) in [6, 6.07) is 0. The van der Waals surface area contributed by atoms with Crippen LogP contribution in [-0.4, -0.2) is 11.5 Å². The first-order valence-electron chi connectivity index (χ1n) is 4.04. The number of nitrogens with zero attached hydrogens (tertiary/aromatic N) is 1. The Balaban J connectivity index is 3.56. The minimum Gasteiger partial charge on any atom is -0.488 e. The molecule has 0 amide bonds. The highest BCUT2D eigenvalue weighted by molar-refractivity contribution is 5.42. The number of hydrogen-bond acceptors (Lipinski definition) is 3. The van der Waals surface area contributed by atoms with E-state index in [1.807, 2.05) is 0 Å². The van der Waals surface area contributed by atoms with E-state index >= 15 is 0 Å². The largest absolute Gasteiger partial charge is 0.488 e. The molecule has 0 heterocycles. The molecule has 0 fully saturated rings. The van der Waals surface area contributed by atoms with Crippen LogP contribution < -0.4 is 4.74 Å². The number of ether oxygens (including phenoxy) is 1. The lowest BCUT2D eigenvalue weighted by molar-refractivity contribution is -0.390. The second kappa shape index (κ2) is 4.33. The van der Waals surface area contributed by atoms with Crippen molar-refractivity contribution in [3.05, 3.63) is 33.4 Å². The highest BCUT2D eigenvalue weighted by atomic mass is 19.2. The van der Waals surface area contributed by atoms with Gasteiger partial charge in [0.15, 0.2) is 5.75 Å². The molecule has 0 saturated carbocycles. The van der Waals surface area contributed by atoms with Gasteiger partial charge in [-0.05, 0) is 6.92 Å². The highest BCUT2D eigenvalue weighted by Gasteiger charge is 2.33. The van der Waals surface area contributed by atoms with E-state index in [0.29, 0.717) is 0 Å². The fourth-order valence-electron chi connectivity index (χ4n) is 1.03. The van der Waals surface area contributed by atoms with Crippen LogP contribution in [0, 0.1) is 33.4 Å². The maximum Gasteiger partial charge on any atom is 0.346 e. The fourth-order valence-corrected chi connectivity index (χ4v) is 1.03. The number of hydrogen-bond donors (Lipinski definition) is 0. The Morgan fingerprint density at radius 3 is 1.88 bits per heavy atom. The summed E-state index contributed by atoms with van der Waals surface area (Å²) in [5.74, 6) is -9.33. The summed E-state index contributed by atoms with van der Waals surface area (Å²) in [5, 5.41) is 10.2. The molecule has 1 aromatic rings. The van der Waals surface area contributed by atoms with Crippen LogP contribution in [0.25, 0.3) is 0 Å².